The van der Waals surface area contributed by atoms with Crippen molar-refractivity contribution < 1.29 is 14.6 Å². The molecule has 1 fully saturated rings. The topological polar surface area (TPSA) is 93.6 Å². The Morgan fingerprint density at radius 2 is 1.93 bits per heavy atom. The van der Waals surface area contributed by atoms with Crippen LogP contribution in [0.25, 0.3) is 11.0 Å². The summed E-state index contributed by atoms with van der Waals surface area (Å²) in [5.74, 6) is -0.970. The van der Waals surface area contributed by atoms with Gasteiger partial charge in [0.2, 0.25) is 0 Å². The quantitative estimate of drug-likeness (QED) is 0.718. The van der Waals surface area contributed by atoms with Gasteiger partial charge in [-0.25, -0.2) is 9.78 Å². The van der Waals surface area contributed by atoms with Gasteiger partial charge in [0.25, 0.3) is 0 Å². The highest BCUT2D eigenvalue weighted by Crippen LogP contribution is 2.27. The molecule has 140 valence electrons. The zero-order chi connectivity index (χ0) is 18.8. The van der Waals surface area contributed by atoms with Crippen LogP contribution in [-0.4, -0.2) is 46.9 Å². The molecule has 1 aromatic heterocycles. The maximum Gasteiger partial charge on any atom is 0.338 e. The maximum absolute atomic E-state index is 11.8. The highest BCUT2D eigenvalue weighted by atomic mass is 16.5. The number of benzene rings is 2. The van der Waals surface area contributed by atoms with Crippen LogP contribution < -0.4 is 10.6 Å². The molecule has 0 amide bonds. The molecule has 2 heterocycles. The van der Waals surface area contributed by atoms with E-state index in [9.17, 15) is 9.90 Å². The molecule has 4 rings (SSSR count). The number of aromatic carboxylic acids is 1. The minimum atomic E-state index is -0.970. The molecule has 27 heavy (non-hydrogen) atoms. The first kappa shape index (κ1) is 17.5. The number of carboxylic acids is 1. The van der Waals surface area contributed by atoms with Gasteiger partial charge in [0.15, 0.2) is 0 Å². The van der Waals surface area contributed by atoms with Crippen molar-refractivity contribution in [1.29, 1.82) is 0 Å². The molecule has 0 unspecified atom stereocenters. The lowest BCUT2D eigenvalue weighted by Gasteiger charge is -2.29. The normalized spacial score (nSPS) is 14.6. The second-order valence-corrected chi connectivity index (χ2v) is 6.61. The van der Waals surface area contributed by atoms with Gasteiger partial charge in [0.1, 0.15) is 5.52 Å². The van der Waals surface area contributed by atoms with E-state index >= 15 is 0 Å². The summed E-state index contributed by atoms with van der Waals surface area (Å²) in [7, 11) is 0. The smallest absolute Gasteiger partial charge is 0.338 e. The van der Waals surface area contributed by atoms with Gasteiger partial charge >= 0.3 is 5.97 Å². The number of fused-ring (bicyclic) bond motifs is 1. The number of anilines is 1. The number of morpholine rings is 1. The first-order valence-electron chi connectivity index (χ1n) is 8.99. The van der Waals surface area contributed by atoms with E-state index < -0.39 is 5.97 Å². The SMILES string of the molecule is NCc1ccccc1Cn1cnc2c(C(=O)O)cc(N3CCOCC3)cc21. The fourth-order valence-electron chi connectivity index (χ4n) is 3.54. The second kappa shape index (κ2) is 7.38. The number of nitrogens with zero attached hydrogens (tertiary/aromatic N) is 3. The molecule has 0 saturated carbocycles. The highest BCUT2D eigenvalue weighted by molar-refractivity contribution is 6.02. The fourth-order valence-corrected chi connectivity index (χ4v) is 3.54. The van der Waals surface area contributed by atoms with Gasteiger partial charge in [-0.05, 0) is 23.3 Å². The highest BCUT2D eigenvalue weighted by Gasteiger charge is 2.19. The van der Waals surface area contributed by atoms with Crippen molar-refractivity contribution >= 4 is 22.7 Å². The molecule has 1 aliphatic heterocycles. The van der Waals surface area contributed by atoms with Crippen LogP contribution >= 0.6 is 0 Å². The maximum atomic E-state index is 11.8. The summed E-state index contributed by atoms with van der Waals surface area (Å²) >= 11 is 0. The van der Waals surface area contributed by atoms with Gasteiger partial charge in [-0.1, -0.05) is 24.3 Å². The number of hydrogen-bond donors (Lipinski definition) is 2. The summed E-state index contributed by atoms with van der Waals surface area (Å²) < 4.78 is 7.40. The van der Waals surface area contributed by atoms with Gasteiger partial charge < -0.3 is 25.0 Å². The van der Waals surface area contributed by atoms with Gasteiger partial charge in [-0.3, -0.25) is 0 Å². The lowest BCUT2D eigenvalue weighted by Crippen LogP contribution is -2.36. The molecule has 0 spiro atoms. The van der Waals surface area contributed by atoms with E-state index in [-0.39, 0.29) is 5.56 Å². The number of aromatic nitrogens is 2. The number of rotatable bonds is 5. The van der Waals surface area contributed by atoms with Crippen LogP contribution in [0.4, 0.5) is 5.69 Å². The minimum Gasteiger partial charge on any atom is -0.478 e. The molecule has 1 aliphatic rings. The molecule has 3 aromatic rings. The molecule has 7 nitrogen and oxygen atoms in total. The first-order valence-corrected chi connectivity index (χ1v) is 8.99. The van der Waals surface area contributed by atoms with Crippen LogP contribution in [0.15, 0.2) is 42.7 Å². The zero-order valence-corrected chi connectivity index (χ0v) is 15.0. The van der Waals surface area contributed by atoms with Crippen LogP contribution in [0.5, 0.6) is 0 Å². The molecule has 0 radical (unpaired) electrons. The van der Waals surface area contributed by atoms with Crippen molar-refractivity contribution in [3.8, 4) is 0 Å². The van der Waals surface area contributed by atoms with E-state index in [2.05, 4.69) is 9.88 Å². The third-order valence-electron chi connectivity index (χ3n) is 5.00. The number of carbonyl (C=O) groups is 1. The van der Waals surface area contributed by atoms with E-state index in [0.29, 0.717) is 31.8 Å². The predicted octanol–water partition coefficient (Wildman–Crippen LogP) is 2.08. The van der Waals surface area contributed by atoms with Gasteiger partial charge in [-0.15, -0.1) is 0 Å². The number of carboxylic acid groups (broad SMARTS) is 1. The number of ether oxygens (including phenoxy) is 1. The molecule has 0 aliphatic carbocycles. The van der Waals surface area contributed by atoms with E-state index in [1.54, 1.807) is 12.4 Å². The summed E-state index contributed by atoms with van der Waals surface area (Å²) in [5, 5.41) is 9.68. The molecule has 3 N–H and O–H groups in total. The van der Waals surface area contributed by atoms with Gasteiger partial charge in [0, 0.05) is 31.9 Å². The molecular formula is C20H22N4O3. The van der Waals surface area contributed by atoms with E-state index in [4.69, 9.17) is 10.5 Å². The predicted molar refractivity (Wildman–Crippen MR) is 103 cm³/mol. The summed E-state index contributed by atoms with van der Waals surface area (Å²) in [5.41, 5.74) is 10.5. The van der Waals surface area contributed by atoms with Crippen molar-refractivity contribution in [2.45, 2.75) is 13.1 Å². The van der Waals surface area contributed by atoms with Crippen LogP contribution in [0, 0.1) is 0 Å². The van der Waals surface area contributed by atoms with Gasteiger partial charge in [0.05, 0.1) is 30.6 Å². The summed E-state index contributed by atoms with van der Waals surface area (Å²) in [4.78, 5) is 18.3. The van der Waals surface area contributed by atoms with E-state index in [0.717, 1.165) is 35.4 Å². The third kappa shape index (κ3) is 3.39. The van der Waals surface area contributed by atoms with Crippen molar-refractivity contribution in [1.82, 2.24) is 9.55 Å². The van der Waals surface area contributed by atoms with E-state index in [1.165, 1.54) is 0 Å². The van der Waals surface area contributed by atoms with Crippen LogP contribution in [0.2, 0.25) is 0 Å². The molecule has 1 saturated heterocycles. The average Bonchev–Trinajstić information content (AvgIpc) is 3.11. The van der Waals surface area contributed by atoms with Crippen LogP contribution in [-0.2, 0) is 17.8 Å². The Labute approximate surface area is 157 Å². The monoisotopic (exact) mass is 366 g/mol. The van der Waals surface area contributed by atoms with Crippen molar-refractivity contribution in [3.63, 3.8) is 0 Å². The number of imidazole rings is 1. The lowest BCUT2D eigenvalue weighted by atomic mass is 10.1. The second-order valence-electron chi connectivity index (χ2n) is 6.61. The Hall–Kier alpha value is -2.90. The van der Waals surface area contributed by atoms with Gasteiger partial charge in [-0.2, -0.15) is 0 Å². The Kier molecular flexibility index (Phi) is 4.79. The Morgan fingerprint density at radius 1 is 1.19 bits per heavy atom. The molecule has 0 bridgehead atoms. The summed E-state index contributed by atoms with van der Waals surface area (Å²) in [6.07, 6.45) is 1.70. The Morgan fingerprint density at radius 3 is 2.63 bits per heavy atom. The lowest BCUT2D eigenvalue weighted by molar-refractivity contribution is 0.0699. The molecule has 2 aromatic carbocycles. The Bertz CT molecular complexity index is 977. The van der Waals surface area contributed by atoms with Crippen molar-refractivity contribution in [2.75, 3.05) is 31.2 Å². The van der Waals surface area contributed by atoms with E-state index in [1.807, 2.05) is 34.9 Å². The third-order valence-corrected chi connectivity index (χ3v) is 5.00. The van der Waals surface area contributed by atoms with Crippen molar-refractivity contribution in [3.05, 3.63) is 59.4 Å². The fraction of sp³-hybridized carbons (Fsp3) is 0.300. The largest absolute Gasteiger partial charge is 0.478 e. The average molecular weight is 366 g/mol. The number of hydrogen-bond acceptors (Lipinski definition) is 5. The standard InChI is InChI=1S/C20H22N4O3/c21-11-14-3-1-2-4-15(14)12-24-13-22-19-17(20(25)26)9-16(10-18(19)24)23-5-7-27-8-6-23/h1-4,9-10,13H,5-8,11-12,21H2,(H,25,26). The molecule has 0 atom stereocenters. The summed E-state index contributed by atoms with van der Waals surface area (Å²) in [6.45, 7) is 3.83. The minimum absolute atomic E-state index is 0.222. The zero-order valence-electron chi connectivity index (χ0n) is 15.0. The summed E-state index contributed by atoms with van der Waals surface area (Å²) in [6, 6.07) is 11.7. The van der Waals surface area contributed by atoms with Crippen LogP contribution in [0.1, 0.15) is 21.5 Å². The first-order chi connectivity index (χ1) is 13.2. The molecule has 7 heteroatoms. The van der Waals surface area contributed by atoms with Crippen LogP contribution in [0.3, 0.4) is 0 Å². The molecular weight excluding hydrogens is 344 g/mol. The number of nitrogens with two attached hydrogens (primary N) is 1. The van der Waals surface area contributed by atoms with Crippen molar-refractivity contribution in [2.24, 2.45) is 5.73 Å². The Balaban J connectivity index is 1.79.